The Bertz CT molecular complexity index is 845. The number of pyridine rings is 1. The van der Waals surface area contributed by atoms with Gasteiger partial charge in [0.15, 0.2) is 11.5 Å². The van der Waals surface area contributed by atoms with Crippen molar-refractivity contribution in [2.45, 2.75) is 0 Å². The van der Waals surface area contributed by atoms with Crippen LogP contribution in [0.1, 0.15) is 5.56 Å². The highest BCUT2D eigenvalue weighted by Gasteiger charge is 2.09. The topological polar surface area (TPSA) is 97.1 Å². The lowest BCUT2D eigenvalue weighted by molar-refractivity contribution is -0.384. The minimum atomic E-state index is -0.458. The zero-order chi connectivity index (χ0) is 14.1. The van der Waals surface area contributed by atoms with Crippen LogP contribution < -0.4 is 0 Å². The van der Waals surface area contributed by atoms with Crippen LogP contribution in [0.4, 0.5) is 5.69 Å². The molecular formula is C13H7N5O2. The van der Waals surface area contributed by atoms with Gasteiger partial charge in [0.05, 0.1) is 16.6 Å². The van der Waals surface area contributed by atoms with Crippen LogP contribution in [0, 0.1) is 21.4 Å². The number of hydrogen-bond acceptors (Lipinski definition) is 5. The van der Waals surface area contributed by atoms with Crippen LogP contribution in [0.25, 0.3) is 17.0 Å². The molecule has 0 aliphatic rings. The molecule has 3 rings (SSSR count). The summed E-state index contributed by atoms with van der Waals surface area (Å²) in [5.41, 5.74) is 1.75. The SMILES string of the molecule is N#Cc1ccn2nc(-c3ccc([N+](=O)[O-])cc3)nc2c1. The molecule has 0 bridgehead atoms. The Morgan fingerprint density at radius 1 is 1.25 bits per heavy atom. The third-order valence-corrected chi connectivity index (χ3v) is 2.80. The fourth-order valence-corrected chi connectivity index (χ4v) is 1.81. The molecule has 3 aromatic rings. The van der Waals surface area contributed by atoms with Gasteiger partial charge in [-0.1, -0.05) is 0 Å². The Hall–Kier alpha value is -3.27. The van der Waals surface area contributed by atoms with Gasteiger partial charge in [-0.05, 0) is 18.2 Å². The van der Waals surface area contributed by atoms with E-state index in [4.69, 9.17) is 5.26 Å². The van der Waals surface area contributed by atoms with Crippen molar-refractivity contribution in [2.24, 2.45) is 0 Å². The summed E-state index contributed by atoms with van der Waals surface area (Å²) >= 11 is 0. The highest BCUT2D eigenvalue weighted by molar-refractivity contribution is 5.60. The lowest BCUT2D eigenvalue weighted by atomic mass is 10.2. The quantitative estimate of drug-likeness (QED) is 0.522. The monoisotopic (exact) mass is 265 g/mol. The maximum Gasteiger partial charge on any atom is 0.269 e. The number of hydrogen-bond donors (Lipinski definition) is 0. The minimum absolute atomic E-state index is 0.0179. The van der Waals surface area contributed by atoms with Gasteiger partial charge in [0.2, 0.25) is 0 Å². The van der Waals surface area contributed by atoms with Crippen molar-refractivity contribution >= 4 is 11.3 Å². The molecule has 0 amide bonds. The summed E-state index contributed by atoms with van der Waals surface area (Å²) in [4.78, 5) is 14.4. The Labute approximate surface area is 112 Å². The fraction of sp³-hybridized carbons (Fsp3) is 0. The molecule has 96 valence electrons. The molecule has 2 aromatic heterocycles. The molecule has 0 N–H and O–H groups in total. The molecule has 2 heterocycles. The predicted octanol–water partition coefficient (Wildman–Crippen LogP) is 2.18. The maximum absolute atomic E-state index is 10.6. The van der Waals surface area contributed by atoms with Crippen molar-refractivity contribution in [1.82, 2.24) is 14.6 Å². The van der Waals surface area contributed by atoms with Crippen LogP contribution >= 0.6 is 0 Å². The van der Waals surface area contributed by atoms with E-state index in [0.717, 1.165) is 0 Å². The van der Waals surface area contributed by atoms with Crippen molar-refractivity contribution in [3.05, 3.63) is 58.3 Å². The Morgan fingerprint density at radius 2 is 2.00 bits per heavy atom. The summed E-state index contributed by atoms with van der Waals surface area (Å²) in [7, 11) is 0. The number of nitro groups is 1. The highest BCUT2D eigenvalue weighted by atomic mass is 16.6. The fourth-order valence-electron chi connectivity index (χ4n) is 1.81. The highest BCUT2D eigenvalue weighted by Crippen LogP contribution is 2.20. The smallest absolute Gasteiger partial charge is 0.258 e. The number of nitriles is 1. The molecule has 0 saturated carbocycles. The third-order valence-electron chi connectivity index (χ3n) is 2.80. The zero-order valence-electron chi connectivity index (χ0n) is 10.1. The van der Waals surface area contributed by atoms with Crippen LogP contribution in [0.2, 0.25) is 0 Å². The van der Waals surface area contributed by atoms with Crippen LogP contribution in [0.5, 0.6) is 0 Å². The normalized spacial score (nSPS) is 10.3. The van der Waals surface area contributed by atoms with E-state index in [1.165, 1.54) is 12.1 Å². The van der Waals surface area contributed by atoms with Crippen molar-refractivity contribution < 1.29 is 4.92 Å². The molecule has 0 fully saturated rings. The number of fused-ring (bicyclic) bond motifs is 1. The predicted molar refractivity (Wildman–Crippen MR) is 69.8 cm³/mol. The molecule has 0 saturated heterocycles. The van der Waals surface area contributed by atoms with Gasteiger partial charge in [0.25, 0.3) is 5.69 Å². The van der Waals surface area contributed by atoms with E-state index < -0.39 is 4.92 Å². The molecule has 0 aliphatic carbocycles. The van der Waals surface area contributed by atoms with Crippen LogP contribution in [-0.4, -0.2) is 19.5 Å². The molecule has 0 atom stereocenters. The Morgan fingerprint density at radius 3 is 2.65 bits per heavy atom. The summed E-state index contributed by atoms with van der Waals surface area (Å²) < 4.78 is 1.55. The first-order valence-corrected chi connectivity index (χ1v) is 5.69. The van der Waals surface area contributed by atoms with Crippen molar-refractivity contribution in [3.8, 4) is 17.5 Å². The average molecular weight is 265 g/mol. The molecule has 0 aliphatic heterocycles. The summed E-state index contributed by atoms with van der Waals surface area (Å²) in [5.74, 6) is 0.454. The van der Waals surface area contributed by atoms with E-state index in [-0.39, 0.29) is 5.69 Å². The van der Waals surface area contributed by atoms with E-state index in [0.29, 0.717) is 22.6 Å². The van der Waals surface area contributed by atoms with Crippen LogP contribution in [-0.2, 0) is 0 Å². The lowest BCUT2D eigenvalue weighted by Crippen LogP contribution is -1.88. The summed E-state index contributed by atoms with van der Waals surface area (Å²) in [6, 6.07) is 11.3. The van der Waals surface area contributed by atoms with Gasteiger partial charge < -0.3 is 0 Å². The Balaban J connectivity index is 2.05. The van der Waals surface area contributed by atoms with Crippen molar-refractivity contribution in [3.63, 3.8) is 0 Å². The summed E-state index contributed by atoms with van der Waals surface area (Å²) in [5, 5.41) is 23.7. The lowest BCUT2D eigenvalue weighted by Gasteiger charge is -1.94. The van der Waals surface area contributed by atoms with Gasteiger partial charge >= 0.3 is 0 Å². The zero-order valence-corrected chi connectivity index (χ0v) is 10.1. The number of aromatic nitrogens is 3. The van der Waals surface area contributed by atoms with Gasteiger partial charge in [0, 0.05) is 30.0 Å². The number of rotatable bonds is 2. The van der Waals surface area contributed by atoms with Crippen LogP contribution in [0.15, 0.2) is 42.6 Å². The number of benzene rings is 1. The molecule has 7 nitrogen and oxygen atoms in total. The van der Waals surface area contributed by atoms with E-state index in [2.05, 4.69) is 10.1 Å². The Kier molecular flexibility index (Phi) is 2.62. The average Bonchev–Trinajstić information content (AvgIpc) is 2.90. The number of non-ortho nitro benzene ring substituents is 1. The van der Waals surface area contributed by atoms with Gasteiger partial charge in [0.1, 0.15) is 0 Å². The van der Waals surface area contributed by atoms with Crippen molar-refractivity contribution in [2.75, 3.05) is 0 Å². The largest absolute Gasteiger partial charge is 0.269 e. The van der Waals surface area contributed by atoms with E-state index >= 15 is 0 Å². The summed E-state index contributed by atoms with van der Waals surface area (Å²) in [6.45, 7) is 0. The minimum Gasteiger partial charge on any atom is -0.258 e. The molecule has 7 heteroatoms. The molecule has 20 heavy (non-hydrogen) atoms. The number of nitrogens with zero attached hydrogens (tertiary/aromatic N) is 5. The molecule has 0 unspecified atom stereocenters. The second-order valence-corrected chi connectivity index (χ2v) is 4.07. The third kappa shape index (κ3) is 1.95. The molecule has 0 spiro atoms. The second-order valence-electron chi connectivity index (χ2n) is 4.07. The van der Waals surface area contributed by atoms with Crippen molar-refractivity contribution in [1.29, 1.82) is 5.26 Å². The van der Waals surface area contributed by atoms with E-state index in [9.17, 15) is 10.1 Å². The second kappa shape index (κ2) is 4.44. The first-order valence-electron chi connectivity index (χ1n) is 5.69. The van der Waals surface area contributed by atoms with Gasteiger partial charge in [-0.2, -0.15) is 5.26 Å². The molecular weight excluding hydrogens is 258 g/mol. The maximum atomic E-state index is 10.6. The van der Waals surface area contributed by atoms with E-state index in [1.807, 2.05) is 6.07 Å². The van der Waals surface area contributed by atoms with E-state index in [1.54, 1.807) is 35.0 Å². The first-order chi connectivity index (χ1) is 9.67. The summed E-state index contributed by atoms with van der Waals surface area (Å²) in [6.07, 6.45) is 1.65. The standard InChI is InChI=1S/C13H7N5O2/c14-8-9-5-6-17-12(7-9)15-13(16-17)10-1-3-11(4-2-10)18(19)20/h1-7H. The van der Waals surface area contributed by atoms with Gasteiger partial charge in [-0.3, -0.25) is 10.1 Å². The number of nitro benzene ring substituents is 1. The molecule has 1 aromatic carbocycles. The van der Waals surface area contributed by atoms with Crippen LogP contribution in [0.3, 0.4) is 0 Å². The van der Waals surface area contributed by atoms with Gasteiger partial charge in [-0.15, -0.1) is 5.10 Å². The molecule has 0 radical (unpaired) electrons. The first kappa shape index (κ1) is 11.8. The van der Waals surface area contributed by atoms with Gasteiger partial charge in [-0.25, -0.2) is 9.50 Å².